The van der Waals surface area contributed by atoms with Gasteiger partial charge in [0.05, 0.1) is 0 Å². The maximum atomic E-state index is 9.13. The smallest absolute Gasteiger partial charge is 0.0322 e. The van der Waals surface area contributed by atoms with E-state index < -0.39 is 11.3 Å². The lowest BCUT2D eigenvalue weighted by molar-refractivity contribution is 0.525. The highest BCUT2D eigenvalue weighted by Crippen LogP contribution is 1.43. The molecular weight excluding hydrogens is 92.1 g/mol. The Kier molecular flexibility index (Phi) is 2.29. The molecule has 0 amide bonds. The van der Waals surface area contributed by atoms with Gasteiger partial charge < -0.3 is 4.55 Å². The first kappa shape index (κ1) is 5.03. The predicted molar refractivity (Wildman–Crippen MR) is 16.2 cm³/mol. The van der Waals surface area contributed by atoms with Gasteiger partial charge in [-0.25, -0.2) is 0 Å². The Bertz CT molecular complexity index is 42.9. The summed E-state index contributed by atoms with van der Waals surface area (Å²) in [5.74, 6) is 4.31. The van der Waals surface area contributed by atoms with Crippen LogP contribution in [-0.4, -0.2) is 8.76 Å². The fourth-order valence-corrected chi connectivity index (χ4v) is 0. The third-order valence-corrected chi connectivity index (χ3v) is 0.289. The molecule has 0 radical (unpaired) electrons. The minimum absolute atomic E-state index is 1.44. The highest BCUT2D eigenvalue weighted by Gasteiger charge is 1.57. The molecule has 4 nitrogen and oxygen atoms in total. The van der Waals surface area contributed by atoms with Crippen molar-refractivity contribution >= 4 is 11.3 Å². The molecular formula is H3N2O2S-. The average Bonchev–Trinajstić information content (AvgIpc) is 1.38. The van der Waals surface area contributed by atoms with Crippen molar-refractivity contribution in [2.24, 2.45) is 5.84 Å². The Morgan fingerprint density at radius 3 is 2.20 bits per heavy atom. The standard InChI is InChI=1S/H4N2O2S/c1-2-5(3)4/h2H,1H2,(H,3,4)/p-1. The normalized spacial score (nSPS) is 14.8. The monoisotopic (exact) mass is 95.0 g/mol. The molecule has 0 aliphatic heterocycles. The van der Waals surface area contributed by atoms with Crippen LogP contribution in [0.3, 0.4) is 0 Å². The van der Waals surface area contributed by atoms with Crippen LogP contribution in [-0.2, 0) is 11.3 Å². The second-order valence-corrected chi connectivity index (χ2v) is 1.06. The van der Waals surface area contributed by atoms with E-state index in [0.29, 0.717) is 0 Å². The summed E-state index contributed by atoms with van der Waals surface area (Å²) in [5.41, 5.74) is 0. The zero-order chi connectivity index (χ0) is 4.28. The quantitative estimate of drug-likeness (QED) is 0.230. The first-order valence-electron chi connectivity index (χ1n) is 0.826. The summed E-state index contributed by atoms with van der Waals surface area (Å²) in [5, 5.41) is 0. The average molecular weight is 95.1 g/mol. The van der Waals surface area contributed by atoms with E-state index in [1.165, 1.54) is 4.83 Å². The lowest BCUT2D eigenvalue weighted by atomic mass is 13.0. The number of nitrogens with one attached hydrogen (secondary N) is 1. The van der Waals surface area contributed by atoms with Gasteiger partial charge in [-0.1, -0.05) is 0 Å². The van der Waals surface area contributed by atoms with Crippen LogP contribution in [0.2, 0.25) is 0 Å². The molecule has 1 unspecified atom stereocenters. The number of hydrazine groups is 1. The van der Waals surface area contributed by atoms with Crippen molar-refractivity contribution in [1.82, 2.24) is 4.83 Å². The van der Waals surface area contributed by atoms with Crippen LogP contribution >= 0.6 is 0 Å². The van der Waals surface area contributed by atoms with Gasteiger partial charge in [-0.15, -0.1) is 0 Å². The van der Waals surface area contributed by atoms with E-state index in [9.17, 15) is 0 Å². The molecule has 0 saturated carbocycles. The van der Waals surface area contributed by atoms with Gasteiger partial charge in [0.2, 0.25) is 0 Å². The summed E-state index contributed by atoms with van der Waals surface area (Å²) in [7, 11) is 0. The lowest BCUT2D eigenvalue weighted by Gasteiger charge is -1.95. The van der Waals surface area contributed by atoms with E-state index in [2.05, 4.69) is 5.84 Å². The van der Waals surface area contributed by atoms with Crippen LogP contribution in [0.4, 0.5) is 0 Å². The van der Waals surface area contributed by atoms with Gasteiger partial charge in [-0.3, -0.25) is 10.1 Å². The molecule has 0 heterocycles. The molecule has 5 heavy (non-hydrogen) atoms. The largest absolute Gasteiger partial charge is 0.759 e. The molecule has 1 atom stereocenters. The Hall–Kier alpha value is 0.0300. The Morgan fingerprint density at radius 2 is 2.20 bits per heavy atom. The summed E-state index contributed by atoms with van der Waals surface area (Å²) < 4.78 is 18.3. The molecule has 0 aliphatic rings. The number of hydrogen-bond acceptors (Lipinski definition) is 3. The Balaban J connectivity index is 2.85. The molecule has 0 aromatic heterocycles. The Morgan fingerprint density at radius 1 is 2.00 bits per heavy atom. The second-order valence-electron chi connectivity index (χ2n) is 0.353. The summed E-state index contributed by atoms with van der Waals surface area (Å²) in [6, 6.07) is 0. The van der Waals surface area contributed by atoms with Crippen molar-refractivity contribution in [3.05, 3.63) is 0 Å². The third kappa shape index (κ3) is 4.03. The van der Waals surface area contributed by atoms with Gasteiger partial charge in [0.25, 0.3) is 0 Å². The fourth-order valence-electron chi connectivity index (χ4n) is 0. The van der Waals surface area contributed by atoms with Crippen LogP contribution in [0.5, 0.6) is 0 Å². The van der Waals surface area contributed by atoms with Crippen molar-refractivity contribution in [2.45, 2.75) is 0 Å². The van der Waals surface area contributed by atoms with Crippen molar-refractivity contribution in [2.75, 3.05) is 0 Å². The maximum Gasteiger partial charge on any atom is 0.0322 e. The van der Waals surface area contributed by atoms with Crippen LogP contribution in [0, 0.1) is 0 Å². The number of nitrogens with two attached hydrogens (primary N) is 1. The van der Waals surface area contributed by atoms with Crippen LogP contribution < -0.4 is 10.7 Å². The van der Waals surface area contributed by atoms with Crippen molar-refractivity contribution in [3.8, 4) is 0 Å². The molecule has 5 heteroatoms. The molecule has 0 aromatic rings. The zero-order valence-corrected chi connectivity index (χ0v) is 3.12. The summed E-state index contributed by atoms with van der Waals surface area (Å²) in [6.07, 6.45) is 0. The van der Waals surface area contributed by atoms with E-state index in [1.54, 1.807) is 0 Å². The summed E-state index contributed by atoms with van der Waals surface area (Å²) in [6.45, 7) is 0. The van der Waals surface area contributed by atoms with Crippen molar-refractivity contribution < 1.29 is 8.76 Å². The van der Waals surface area contributed by atoms with Crippen LogP contribution in [0.25, 0.3) is 0 Å². The minimum atomic E-state index is -2.29. The van der Waals surface area contributed by atoms with Gasteiger partial charge in [0, 0.05) is 11.3 Å². The molecule has 0 fully saturated rings. The fraction of sp³-hybridized carbons (Fsp3) is 0. The summed E-state index contributed by atoms with van der Waals surface area (Å²) in [4.78, 5) is 1.44. The van der Waals surface area contributed by atoms with E-state index in [4.69, 9.17) is 8.76 Å². The van der Waals surface area contributed by atoms with E-state index in [0.717, 1.165) is 0 Å². The summed E-state index contributed by atoms with van der Waals surface area (Å²) >= 11 is -2.29. The number of rotatable bonds is 1. The molecule has 0 aliphatic carbocycles. The molecule has 3 N–H and O–H groups in total. The van der Waals surface area contributed by atoms with E-state index in [-0.39, 0.29) is 0 Å². The number of hydrogen-bond donors (Lipinski definition) is 2. The maximum absolute atomic E-state index is 9.13. The van der Waals surface area contributed by atoms with Gasteiger partial charge in [0.15, 0.2) is 0 Å². The Labute approximate surface area is 31.7 Å². The van der Waals surface area contributed by atoms with Gasteiger partial charge >= 0.3 is 0 Å². The topological polar surface area (TPSA) is 78.2 Å². The van der Waals surface area contributed by atoms with Crippen LogP contribution in [0.15, 0.2) is 0 Å². The predicted octanol–water partition coefficient (Wildman–Crippen LogP) is -1.76. The second kappa shape index (κ2) is 2.28. The van der Waals surface area contributed by atoms with Gasteiger partial charge in [-0.2, -0.15) is 4.83 Å². The van der Waals surface area contributed by atoms with E-state index >= 15 is 0 Å². The first-order valence-corrected chi connectivity index (χ1v) is 1.90. The lowest BCUT2D eigenvalue weighted by Crippen LogP contribution is -2.23. The van der Waals surface area contributed by atoms with Gasteiger partial charge in [-0.05, 0) is 0 Å². The molecule has 0 bridgehead atoms. The van der Waals surface area contributed by atoms with Crippen molar-refractivity contribution in [3.63, 3.8) is 0 Å². The van der Waals surface area contributed by atoms with Gasteiger partial charge in [0.1, 0.15) is 0 Å². The zero-order valence-electron chi connectivity index (χ0n) is 2.30. The van der Waals surface area contributed by atoms with E-state index in [1.807, 2.05) is 0 Å². The highest BCUT2D eigenvalue weighted by molar-refractivity contribution is 7.76. The molecule has 32 valence electrons. The molecule has 0 saturated heterocycles. The third-order valence-electron chi connectivity index (χ3n) is 0.0962. The first-order chi connectivity index (χ1) is 2.27. The minimum Gasteiger partial charge on any atom is -0.759 e. The van der Waals surface area contributed by atoms with Crippen molar-refractivity contribution in [1.29, 1.82) is 0 Å². The molecule has 0 spiro atoms. The molecule has 0 aromatic carbocycles. The van der Waals surface area contributed by atoms with Crippen LogP contribution in [0.1, 0.15) is 0 Å². The SMILES string of the molecule is NNS(=O)[O-]. The molecule has 0 rings (SSSR count). The highest BCUT2D eigenvalue weighted by atomic mass is 32.2.